The fraction of sp³-hybridized carbons (Fsp3) is 0.667. The number of carbonyl (C=O) groups is 1. The highest BCUT2D eigenvalue weighted by Gasteiger charge is 2.25. The molecule has 5 heteroatoms. The monoisotopic (exact) mass is 295 g/mol. The zero-order chi connectivity index (χ0) is 14.5. The lowest BCUT2D eigenvalue weighted by Crippen LogP contribution is -2.43. The Bertz CT molecular complexity index is 458. The Kier molecular flexibility index (Phi) is 5.57. The third-order valence-electron chi connectivity index (χ3n) is 3.86. The van der Waals surface area contributed by atoms with Crippen molar-refractivity contribution in [2.45, 2.75) is 33.2 Å². The van der Waals surface area contributed by atoms with Crippen molar-refractivity contribution >= 4 is 17.2 Å². The van der Waals surface area contributed by atoms with Crippen molar-refractivity contribution in [2.75, 3.05) is 26.2 Å². The Labute approximate surface area is 125 Å². The predicted octanol–water partition coefficient (Wildman–Crippen LogP) is 1.65. The van der Waals surface area contributed by atoms with Gasteiger partial charge in [0.05, 0.1) is 5.92 Å². The molecule has 20 heavy (non-hydrogen) atoms. The molecule has 2 rings (SSSR count). The molecule has 0 saturated carbocycles. The Hall–Kier alpha value is -0.910. The highest BCUT2D eigenvalue weighted by atomic mass is 32.1. The SMILES string of the molecule is Cc1cc(CN2CCCC(C(=O)NCCN)C2)c(C)s1. The Morgan fingerprint density at radius 3 is 3.00 bits per heavy atom. The molecule has 0 spiro atoms. The minimum Gasteiger partial charge on any atom is -0.355 e. The van der Waals surface area contributed by atoms with Crippen LogP contribution in [0.25, 0.3) is 0 Å². The third kappa shape index (κ3) is 4.04. The minimum atomic E-state index is 0.121. The third-order valence-corrected chi connectivity index (χ3v) is 4.87. The van der Waals surface area contributed by atoms with Crippen LogP contribution in [-0.2, 0) is 11.3 Å². The topological polar surface area (TPSA) is 58.4 Å². The van der Waals surface area contributed by atoms with Gasteiger partial charge in [-0.25, -0.2) is 0 Å². The average Bonchev–Trinajstić information content (AvgIpc) is 2.74. The molecule has 2 heterocycles. The van der Waals surface area contributed by atoms with Crippen LogP contribution in [0.2, 0.25) is 0 Å². The zero-order valence-corrected chi connectivity index (χ0v) is 13.3. The van der Waals surface area contributed by atoms with E-state index in [1.807, 2.05) is 11.3 Å². The van der Waals surface area contributed by atoms with Gasteiger partial charge in [0.25, 0.3) is 0 Å². The van der Waals surface area contributed by atoms with Crippen molar-refractivity contribution in [3.8, 4) is 0 Å². The summed E-state index contributed by atoms with van der Waals surface area (Å²) in [6.07, 6.45) is 2.09. The van der Waals surface area contributed by atoms with E-state index >= 15 is 0 Å². The van der Waals surface area contributed by atoms with Crippen molar-refractivity contribution in [3.63, 3.8) is 0 Å². The number of hydrogen-bond donors (Lipinski definition) is 2. The Morgan fingerprint density at radius 1 is 1.55 bits per heavy atom. The largest absolute Gasteiger partial charge is 0.355 e. The highest BCUT2D eigenvalue weighted by Crippen LogP contribution is 2.24. The van der Waals surface area contributed by atoms with E-state index in [-0.39, 0.29) is 11.8 Å². The van der Waals surface area contributed by atoms with Crippen LogP contribution in [0.1, 0.15) is 28.2 Å². The molecule has 0 aromatic carbocycles. The molecule has 1 aromatic rings. The van der Waals surface area contributed by atoms with E-state index in [1.165, 1.54) is 15.3 Å². The molecule has 1 fully saturated rings. The lowest BCUT2D eigenvalue weighted by molar-refractivity contribution is -0.126. The number of thiophene rings is 1. The first-order valence-corrected chi connectivity index (χ1v) is 8.18. The van der Waals surface area contributed by atoms with Gasteiger partial charge < -0.3 is 11.1 Å². The Balaban J connectivity index is 1.90. The van der Waals surface area contributed by atoms with E-state index in [2.05, 4.69) is 30.1 Å². The molecule has 1 aliphatic heterocycles. The average molecular weight is 295 g/mol. The molecule has 4 nitrogen and oxygen atoms in total. The number of piperidine rings is 1. The fourth-order valence-electron chi connectivity index (χ4n) is 2.83. The maximum absolute atomic E-state index is 12.0. The molecular formula is C15H25N3OS. The predicted molar refractivity (Wildman–Crippen MR) is 83.9 cm³/mol. The van der Waals surface area contributed by atoms with Gasteiger partial charge >= 0.3 is 0 Å². The molecule has 1 atom stereocenters. The first-order valence-electron chi connectivity index (χ1n) is 7.36. The van der Waals surface area contributed by atoms with Gasteiger partial charge in [-0.2, -0.15) is 0 Å². The molecule has 1 aliphatic rings. The van der Waals surface area contributed by atoms with Crippen molar-refractivity contribution in [1.29, 1.82) is 0 Å². The second-order valence-electron chi connectivity index (χ2n) is 5.59. The standard InChI is InChI=1S/C15H25N3OS/c1-11-8-14(12(2)20-11)10-18-7-3-4-13(9-18)15(19)17-6-5-16/h8,13H,3-7,9-10,16H2,1-2H3,(H,17,19). The maximum Gasteiger partial charge on any atom is 0.224 e. The minimum absolute atomic E-state index is 0.121. The molecular weight excluding hydrogens is 270 g/mol. The van der Waals surface area contributed by atoms with Gasteiger partial charge in [0.2, 0.25) is 5.91 Å². The summed E-state index contributed by atoms with van der Waals surface area (Å²) in [5.41, 5.74) is 6.84. The smallest absolute Gasteiger partial charge is 0.224 e. The molecule has 0 bridgehead atoms. The number of hydrogen-bond acceptors (Lipinski definition) is 4. The van der Waals surface area contributed by atoms with Gasteiger partial charge in [0.15, 0.2) is 0 Å². The number of carbonyl (C=O) groups excluding carboxylic acids is 1. The number of nitrogens with two attached hydrogens (primary N) is 1. The van der Waals surface area contributed by atoms with E-state index in [0.29, 0.717) is 13.1 Å². The second-order valence-corrected chi connectivity index (χ2v) is 7.05. The van der Waals surface area contributed by atoms with Crippen LogP contribution in [0.4, 0.5) is 0 Å². The summed E-state index contributed by atoms with van der Waals surface area (Å²) < 4.78 is 0. The van der Waals surface area contributed by atoms with Gasteiger partial charge in [0, 0.05) is 35.9 Å². The lowest BCUT2D eigenvalue weighted by Gasteiger charge is -2.32. The number of rotatable bonds is 5. The number of nitrogens with zero attached hydrogens (tertiary/aromatic N) is 1. The molecule has 1 aromatic heterocycles. The van der Waals surface area contributed by atoms with Gasteiger partial charge in [-0.1, -0.05) is 0 Å². The summed E-state index contributed by atoms with van der Waals surface area (Å²) >= 11 is 1.86. The summed E-state index contributed by atoms with van der Waals surface area (Å²) in [6, 6.07) is 2.28. The molecule has 1 saturated heterocycles. The van der Waals surface area contributed by atoms with Crippen LogP contribution in [0.15, 0.2) is 6.07 Å². The van der Waals surface area contributed by atoms with E-state index in [1.54, 1.807) is 0 Å². The number of likely N-dealkylation sites (tertiary alicyclic amines) is 1. The summed E-state index contributed by atoms with van der Waals surface area (Å²) in [5, 5.41) is 2.91. The summed E-state index contributed by atoms with van der Waals surface area (Å²) in [6.45, 7) is 8.35. The van der Waals surface area contributed by atoms with Gasteiger partial charge in [-0.15, -0.1) is 11.3 Å². The first kappa shape index (κ1) is 15.5. The van der Waals surface area contributed by atoms with E-state index in [9.17, 15) is 4.79 Å². The molecule has 3 N–H and O–H groups in total. The Morgan fingerprint density at radius 2 is 2.35 bits per heavy atom. The molecule has 112 valence electrons. The van der Waals surface area contributed by atoms with Crippen molar-refractivity contribution in [2.24, 2.45) is 11.7 Å². The highest BCUT2D eigenvalue weighted by molar-refractivity contribution is 7.12. The zero-order valence-electron chi connectivity index (χ0n) is 12.4. The first-order chi connectivity index (χ1) is 9.60. The van der Waals surface area contributed by atoms with Gasteiger partial charge in [-0.05, 0) is 44.9 Å². The van der Waals surface area contributed by atoms with Crippen molar-refractivity contribution in [3.05, 3.63) is 21.4 Å². The summed E-state index contributed by atoms with van der Waals surface area (Å²) in [5.74, 6) is 0.286. The van der Waals surface area contributed by atoms with Crippen LogP contribution in [0, 0.1) is 19.8 Å². The van der Waals surface area contributed by atoms with E-state index in [4.69, 9.17) is 5.73 Å². The van der Waals surface area contributed by atoms with E-state index in [0.717, 1.165) is 32.5 Å². The van der Waals surface area contributed by atoms with Crippen molar-refractivity contribution in [1.82, 2.24) is 10.2 Å². The summed E-state index contributed by atoms with van der Waals surface area (Å²) in [4.78, 5) is 17.2. The second kappa shape index (κ2) is 7.20. The maximum atomic E-state index is 12.0. The number of aryl methyl sites for hydroxylation is 2. The lowest BCUT2D eigenvalue weighted by atomic mass is 9.96. The molecule has 1 amide bonds. The van der Waals surface area contributed by atoms with Gasteiger partial charge in [-0.3, -0.25) is 9.69 Å². The summed E-state index contributed by atoms with van der Waals surface area (Å²) in [7, 11) is 0. The van der Waals surface area contributed by atoms with Crippen LogP contribution in [0.3, 0.4) is 0 Å². The quantitative estimate of drug-likeness (QED) is 0.868. The molecule has 0 radical (unpaired) electrons. The van der Waals surface area contributed by atoms with Crippen LogP contribution < -0.4 is 11.1 Å². The van der Waals surface area contributed by atoms with Crippen LogP contribution in [0.5, 0.6) is 0 Å². The number of amides is 1. The van der Waals surface area contributed by atoms with Gasteiger partial charge in [0.1, 0.15) is 0 Å². The van der Waals surface area contributed by atoms with Crippen molar-refractivity contribution < 1.29 is 4.79 Å². The molecule has 1 unspecified atom stereocenters. The molecule has 0 aliphatic carbocycles. The fourth-order valence-corrected chi connectivity index (χ4v) is 3.77. The normalized spacial score (nSPS) is 20.1. The number of nitrogens with one attached hydrogen (secondary N) is 1. The van der Waals surface area contributed by atoms with Crippen LogP contribution in [-0.4, -0.2) is 37.0 Å². The van der Waals surface area contributed by atoms with Crippen LogP contribution >= 0.6 is 11.3 Å². The van der Waals surface area contributed by atoms with E-state index < -0.39 is 0 Å².